The molecule has 0 aliphatic carbocycles. The number of rotatable bonds is 5. The normalized spacial score (nSPS) is 11.3. The van der Waals surface area contributed by atoms with Crippen molar-refractivity contribution in [3.63, 3.8) is 0 Å². The van der Waals surface area contributed by atoms with Gasteiger partial charge in [0.25, 0.3) is 5.91 Å². The van der Waals surface area contributed by atoms with Gasteiger partial charge in [-0.15, -0.1) is 0 Å². The average Bonchev–Trinajstić information content (AvgIpc) is 2.54. The van der Waals surface area contributed by atoms with E-state index in [1.807, 2.05) is 49.4 Å². The second kappa shape index (κ2) is 7.90. The lowest BCUT2D eigenvalue weighted by Gasteiger charge is -2.07. The number of carbonyl (C=O) groups excluding carboxylic acids is 1. The van der Waals surface area contributed by atoms with E-state index in [1.54, 1.807) is 6.07 Å². The first kappa shape index (κ1) is 16.4. The van der Waals surface area contributed by atoms with E-state index in [2.05, 4.69) is 33.4 Å². The van der Waals surface area contributed by atoms with Gasteiger partial charge in [0, 0.05) is 10.0 Å². The third-order valence-electron chi connectivity index (χ3n) is 3.32. The van der Waals surface area contributed by atoms with E-state index >= 15 is 0 Å². The number of nitrogens with one attached hydrogen (secondary N) is 1. The number of hydrogen-bond donors (Lipinski definition) is 1. The Morgan fingerprint density at radius 3 is 2.50 bits per heavy atom. The highest BCUT2D eigenvalue weighted by Crippen LogP contribution is 2.17. The van der Waals surface area contributed by atoms with Gasteiger partial charge in [-0.3, -0.25) is 4.79 Å². The van der Waals surface area contributed by atoms with Crippen molar-refractivity contribution >= 4 is 27.5 Å². The molecule has 0 aliphatic rings. The molecule has 0 bridgehead atoms. The first-order valence-corrected chi connectivity index (χ1v) is 8.09. The summed E-state index contributed by atoms with van der Waals surface area (Å²) < 4.78 is 0.918. The predicted molar refractivity (Wildman–Crippen MR) is 94.2 cm³/mol. The molecule has 0 spiro atoms. The van der Waals surface area contributed by atoms with Crippen LogP contribution in [0.2, 0.25) is 0 Å². The number of amides is 1. The van der Waals surface area contributed by atoms with Crippen LogP contribution >= 0.6 is 15.9 Å². The van der Waals surface area contributed by atoms with Crippen LogP contribution < -0.4 is 5.43 Å². The quantitative estimate of drug-likeness (QED) is 0.611. The van der Waals surface area contributed by atoms with E-state index in [4.69, 9.17) is 0 Å². The largest absolute Gasteiger partial charge is 0.271 e. The maximum absolute atomic E-state index is 12.2. The number of halogens is 1. The summed E-state index contributed by atoms with van der Waals surface area (Å²) in [7, 11) is 0. The minimum atomic E-state index is -0.203. The Balaban J connectivity index is 2.16. The number of benzene rings is 2. The van der Waals surface area contributed by atoms with Gasteiger partial charge in [-0.1, -0.05) is 65.7 Å². The Kier molecular flexibility index (Phi) is 5.90. The second-order valence-corrected chi connectivity index (χ2v) is 5.93. The Bertz CT molecular complexity index is 681. The van der Waals surface area contributed by atoms with Crippen LogP contribution in [-0.4, -0.2) is 11.6 Å². The number of carbonyl (C=O) groups is 1. The molecule has 1 N–H and O–H groups in total. The van der Waals surface area contributed by atoms with Gasteiger partial charge in [0.15, 0.2) is 0 Å². The van der Waals surface area contributed by atoms with Gasteiger partial charge >= 0.3 is 0 Å². The molecule has 1 amide bonds. The zero-order chi connectivity index (χ0) is 15.9. The first-order chi connectivity index (χ1) is 10.6. The Hall–Kier alpha value is -1.94. The fraction of sp³-hybridized carbons (Fsp3) is 0.222. The summed E-state index contributed by atoms with van der Waals surface area (Å²) in [5, 5.41) is 4.31. The fourth-order valence-corrected chi connectivity index (χ4v) is 2.43. The molecule has 22 heavy (non-hydrogen) atoms. The lowest BCUT2D eigenvalue weighted by Crippen LogP contribution is -2.20. The second-order valence-electron chi connectivity index (χ2n) is 5.08. The smallest absolute Gasteiger partial charge is 0.267 e. The van der Waals surface area contributed by atoms with Crippen LogP contribution in [0.3, 0.4) is 0 Å². The van der Waals surface area contributed by atoms with E-state index in [-0.39, 0.29) is 5.91 Å². The van der Waals surface area contributed by atoms with E-state index in [9.17, 15) is 4.79 Å². The van der Waals surface area contributed by atoms with Gasteiger partial charge in [0.05, 0.1) is 5.71 Å². The van der Waals surface area contributed by atoms with Gasteiger partial charge in [0.2, 0.25) is 0 Å². The zero-order valence-electron chi connectivity index (χ0n) is 12.8. The molecule has 3 nitrogen and oxygen atoms in total. The molecule has 2 rings (SSSR count). The molecule has 0 unspecified atom stereocenters. The molecule has 114 valence electrons. The van der Waals surface area contributed by atoms with E-state index in [0.29, 0.717) is 5.56 Å². The summed E-state index contributed by atoms with van der Waals surface area (Å²) >= 11 is 3.44. The number of aryl methyl sites for hydroxylation is 1. The Morgan fingerprint density at radius 2 is 1.86 bits per heavy atom. The molecule has 0 saturated heterocycles. The number of nitrogens with zero attached hydrogens (tertiary/aromatic N) is 1. The third-order valence-corrected chi connectivity index (χ3v) is 4.17. The van der Waals surface area contributed by atoms with E-state index < -0.39 is 0 Å². The Labute approximate surface area is 139 Å². The molecular weight excluding hydrogens is 340 g/mol. The van der Waals surface area contributed by atoms with E-state index in [0.717, 1.165) is 34.2 Å². The van der Waals surface area contributed by atoms with Crippen molar-refractivity contribution in [2.45, 2.75) is 26.7 Å². The van der Waals surface area contributed by atoms with Crippen LogP contribution in [0.25, 0.3) is 0 Å². The first-order valence-electron chi connectivity index (χ1n) is 7.30. The molecular formula is C18H19BrN2O. The van der Waals surface area contributed by atoms with Crippen LogP contribution in [-0.2, 0) is 0 Å². The summed E-state index contributed by atoms with van der Waals surface area (Å²) in [5.74, 6) is -0.203. The van der Waals surface area contributed by atoms with Gasteiger partial charge in [-0.05, 0) is 36.6 Å². The highest BCUT2D eigenvalue weighted by molar-refractivity contribution is 9.10. The van der Waals surface area contributed by atoms with Gasteiger partial charge in [0.1, 0.15) is 0 Å². The van der Waals surface area contributed by atoms with Gasteiger partial charge in [-0.25, -0.2) is 5.43 Å². The molecule has 4 heteroatoms. The molecule has 0 aromatic heterocycles. The molecule has 0 heterocycles. The number of hydrogen-bond acceptors (Lipinski definition) is 2. The lowest BCUT2D eigenvalue weighted by molar-refractivity contribution is 0.0954. The minimum absolute atomic E-state index is 0.203. The SMILES string of the molecule is CCC/C(=N\NC(=O)c1ccc(C)c(Br)c1)c1ccccc1. The standard InChI is InChI=1S/C18H19BrN2O/c1-3-7-17(14-8-5-4-6-9-14)20-21-18(22)15-11-10-13(2)16(19)12-15/h4-6,8-12H,3,7H2,1-2H3,(H,21,22)/b20-17+. The van der Waals surface area contributed by atoms with Crippen molar-refractivity contribution in [3.8, 4) is 0 Å². The summed E-state index contributed by atoms with van der Waals surface area (Å²) in [5.41, 5.74) is 6.27. The predicted octanol–water partition coefficient (Wildman–Crippen LogP) is 4.69. The maximum Gasteiger partial charge on any atom is 0.271 e. The maximum atomic E-state index is 12.2. The molecule has 0 radical (unpaired) electrons. The number of hydrazone groups is 1. The Morgan fingerprint density at radius 1 is 1.14 bits per heavy atom. The lowest BCUT2D eigenvalue weighted by atomic mass is 10.1. The summed E-state index contributed by atoms with van der Waals surface area (Å²) in [6, 6.07) is 15.4. The van der Waals surface area contributed by atoms with Crippen LogP contribution in [0.15, 0.2) is 58.1 Å². The molecule has 0 saturated carbocycles. The molecule has 2 aromatic rings. The fourth-order valence-electron chi connectivity index (χ4n) is 2.05. The zero-order valence-corrected chi connectivity index (χ0v) is 14.4. The summed E-state index contributed by atoms with van der Waals surface area (Å²) in [4.78, 5) is 12.2. The molecule has 2 aromatic carbocycles. The van der Waals surface area contributed by atoms with Crippen molar-refractivity contribution in [2.75, 3.05) is 0 Å². The van der Waals surface area contributed by atoms with Crippen molar-refractivity contribution < 1.29 is 4.79 Å². The van der Waals surface area contributed by atoms with Crippen LogP contribution in [0.4, 0.5) is 0 Å². The molecule has 0 atom stereocenters. The average molecular weight is 359 g/mol. The summed E-state index contributed by atoms with van der Waals surface area (Å²) in [6.45, 7) is 4.08. The van der Waals surface area contributed by atoms with Crippen LogP contribution in [0.1, 0.15) is 41.3 Å². The highest BCUT2D eigenvalue weighted by Gasteiger charge is 2.08. The van der Waals surface area contributed by atoms with E-state index in [1.165, 1.54) is 0 Å². The third kappa shape index (κ3) is 4.28. The molecule has 0 fully saturated rings. The highest BCUT2D eigenvalue weighted by atomic mass is 79.9. The van der Waals surface area contributed by atoms with Gasteiger partial charge < -0.3 is 0 Å². The van der Waals surface area contributed by atoms with Crippen LogP contribution in [0, 0.1) is 6.92 Å². The van der Waals surface area contributed by atoms with Crippen molar-refractivity contribution in [2.24, 2.45) is 5.10 Å². The van der Waals surface area contributed by atoms with Crippen LogP contribution in [0.5, 0.6) is 0 Å². The van der Waals surface area contributed by atoms with Crippen molar-refractivity contribution in [1.29, 1.82) is 0 Å². The monoisotopic (exact) mass is 358 g/mol. The van der Waals surface area contributed by atoms with Gasteiger partial charge in [-0.2, -0.15) is 5.10 Å². The molecule has 0 aliphatic heterocycles. The topological polar surface area (TPSA) is 41.5 Å². The summed E-state index contributed by atoms with van der Waals surface area (Å²) in [6.07, 6.45) is 1.79. The van der Waals surface area contributed by atoms with Crippen molar-refractivity contribution in [3.05, 3.63) is 69.7 Å². The minimum Gasteiger partial charge on any atom is -0.267 e. The van der Waals surface area contributed by atoms with Crippen molar-refractivity contribution in [1.82, 2.24) is 5.43 Å².